The second kappa shape index (κ2) is 7.01. The second-order valence-electron chi connectivity index (χ2n) is 6.33. The molecular weight excluding hydrogens is 385 g/mol. The van der Waals surface area contributed by atoms with Crippen molar-refractivity contribution in [2.45, 2.75) is 12.7 Å². The number of aromatic nitrogens is 2. The number of nitrogens with one attached hydrogen (secondary N) is 1. The molecule has 29 heavy (non-hydrogen) atoms. The van der Waals surface area contributed by atoms with Crippen LogP contribution in [0.1, 0.15) is 32.0 Å². The fourth-order valence-corrected chi connectivity index (χ4v) is 3.14. The van der Waals surface area contributed by atoms with Crippen LogP contribution in [0.4, 0.5) is 24.5 Å². The summed E-state index contributed by atoms with van der Waals surface area (Å²) in [5, 5.41) is 2.64. The quantitative estimate of drug-likeness (QED) is 0.726. The van der Waals surface area contributed by atoms with Gasteiger partial charge in [-0.1, -0.05) is 18.2 Å². The first-order chi connectivity index (χ1) is 13.8. The number of fused-ring (bicyclic) bond motifs is 1. The molecule has 1 aromatic heterocycles. The molecule has 1 N–H and O–H groups in total. The summed E-state index contributed by atoms with van der Waals surface area (Å²) in [7, 11) is 0. The van der Waals surface area contributed by atoms with E-state index < -0.39 is 23.6 Å². The van der Waals surface area contributed by atoms with Gasteiger partial charge in [-0.25, -0.2) is 9.97 Å². The lowest BCUT2D eigenvalue weighted by molar-refractivity contribution is -0.137. The Balaban J connectivity index is 1.65. The lowest BCUT2D eigenvalue weighted by atomic mass is 10.1. The third kappa shape index (κ3) is 3.54. The van der Waals surface area contributed by atoms with Crippen LogP contribution < -0.4 is 10.2 Å². The average molecular weight is 398 g/mol. The van der Waals surface area contributed by atoms with Gasteiger partial charge in [-0.05, 0) is 35.9 Å². The smallest absolute Gasteiger partial charge is 0.320 e. The number of rotatable bonds is 3. The summed E-state index contributed by atoms with van der Waals surface area (Å²) < 4.78 is 39.1. The van der Waals surface area contributed by atoms with E-state index >= 15 is 0 Å². The Hall–Kier alpha value is -3.75. The highest BCUT2D eigenvalue weighted by atomic mass is 19.4. The number of hydrogen-bond acceptors (Lipinski definition) is 4. The van der Waals surface area contributed by atoms with Crippen molar-refractivity contribution < 1.29 is 22.8 Å². The standard InChI is InChI=1S/C20H13F3N4O2/c21-20(22,23)13-4-2-5-14(9-13)27-10-12-3-1-6-15(17(12)19(27)29)26-18(28)16-7-8-24-11-25-16/h1-9,11H,10H2,(H,26,28). The molecule has 0 atom stereocenters. The van der Waals surface area contributed by atoms with Crippen LogP contribution >= 0.6 is 0 Å². The molecule has 146 valence electrons. The highest BCUT2D eigenvalue weighted by molar-refractivity contribution is 6.16. The molecule has 0 saturated heterocycles. The van der Waals surface area contributed by atoms with E-state index in [1.165, 1.54) is 35.6 Å². The Kier molecular flexibility index (Phi) is 4.50. The molecule has 0 fully saturated rings. The lowest BCUT2D eigenvalue weighted by Gasteiger charge is -2.17. The van der Waals surface area contributed by atoms with Gasteiger partial charge in [-0.3, -0.25) is 9.59 Å². The summed E-state index contributed by atoms with van der Waals surface area (Å²) >= 11 is 0. The Labute approximate surface area is 163 Å². The summed E-state index contributed by atoms with van der Waals surface area (Å²) in [4.78, 5) is 34.2. The maximum absolute atomic E-state index is 13.0. The Morgan fingerprint density at radius 1 is 1.10 bits per heavy atom. The van der Waals surface area contributed by atoms with Crippen LogP contribution in [0.3, 0.4) is 0 Å². The van der Waals surface area contributed by atoms with Crippen molar-refractivity contribution >= 4 is 23.2 Å². The molecule has 1 aliphatic heterocycles. The van der Waals surface area contributed by atoms with Gasteiger partial charge < -0.3 is 10.2 Å². The van der Waals surface area contributed by atoms with Crippen LogP contribution in [-0.2, 0) is 12.7 Å². The van der Waals surface area contributed by atoms with Crippen molar-refractivity contribution in [3.8, 4) is 0 Å². The van der Waals surface area contributed by atoms with E-state index in [4.69, 9.17) is 0 Å². The monoisotopic (exact) mass is 398 g/mol. The van der Waals surface area contributed by atoms with E-state index in [-0.39, 0.29) is 29.2 Å². The highest BCUT2D eigenvalue weighted by Crippen LogP contribution is 2.36. The summed E-state index contributed by atoms with van der Waals surface area (Å²) in [6, 6.07) is 10.9. The van der Waals surface area contributed by atoms with Crippen LogP contribution in [0.25, 0.3) is 0 Å². The van der Waals surface area contributed by atoms with Crippen LogP contribution in [0.2, 0.25) is 0 Å². The minimum Gasteiger partial charge on any atom is -0.320 e. The molecular formula is C20H13F3N4O2. The van der Waals surface area contributed by atoms with Crippen molar-refractivity contribution in [1.82, 2.24) is 9.97 Å². The third-order valence-electron chi connectivity index (χ3n) is 4.49. The molecule has 0 saturated carbocycles. The molecule has 2 amide bonds. The van der Waals surface area contributed by atoms with Gasteiger partial charge >= 0.3 is 6.18 Å². The third-order valence-corrected chi connectivity index (χ3v) is 4.49. The topological polar surface area (TPSA) is 75.2 Å². The zero-order valence-electron chi connectivity index (χ0n) is 14.8. The lowest BCUT2D eigenvalue weighted by Crippen LogP contribution is -2.24. The molecule has 3 aromatic rings. The number of carbonyl (C=O) groups excluding carboxylic acids is 2. The van der Waals surface area contributed by atoms with E-state index in [1.807, 2.05) is 0 Å². The Bertz CT molecular complexity index is 1100. The fraction of sp³-hybridized carbons (Fsp3) is 0.100. The number of halogens is 3. The predicted molar refractivity (Wildman–Crippen MR) is 98.4 cm³/mol. The van der Waals surface area contributed by atoms with Crippen LogP contribution in [0.5, 0.6) is 0 Å². The van der Waals surface area contributed by atoms with Crippen LogP contribution in [-0.4, -0.2) is 21.8 Å². The normalized spacial score (nSPS) is 13.3. The summed E-state index contributed by atoms with van der Waals surface area (Å²) in [5.41, 5.74) is 0.536. The Morgan fingerprint density at radius 3 is 2.62 bits per heavy atom. The molecule has 0 radical (unpaired) electrons. The molecule has 4 rings (SSSR count). The van der Waals surface area contributed by atoms with Crippen molar-refractivity contribution in [2.75, 3.05) is 10.2 Å². The summed E-state index contributed by atoms with van der Waals surface area (Å²) in [6.45, 7) is 0.104. The highest BCUT2D eigenvalue weighted by Gasteiger charge is 2.34. The van der Waals surface area contributed by atoms with E-state index in [9.17, 15) is 22.8 Å². The largest absolute Gasteiger partial charge is 0.416 e. The van der Waals surface area contributed by atoms with Gasteiger partial charge in [0, 0.05) is 11.9 Å². The molecule has 9 heteroatoms. The first-order valence-corrected chi connectivity index (χ1v) is 8.53. The number of nitrogens with zero attached hydrogens (tertiary/aromatic N) is 3. The molecule has 2 heterocycles. The zero-order valence-corrected chi connectivity index (χ0v) is 14.8. The molecule has 0 bridgehead atoms. The van der Waals surface area contributed by atoms with Gasteiger partial charge in [0.25, 0.3) is 11.8 Å². The number of anilines is 2. The fourth-order valence-electron chi connectivity index (χ4n) is 3.14. The predicted octanol–water partition coefficient (Wildman–Crippen LogP) is 3.91. The second-order valence-corrected chi connectivity index (χ2v) is 6.33. The van der Waals surface area contributed by atoms with Crippen molar-refractivity contribution in [1.29, 1.82) is 0 Å². The summed E-state index contributed by atoms with van der Waals surface area (Å²) in [6.07, 6.45) is -1.87. The minimum absolute atomic E-state index is 0.104. The van der Waals surface area contributed by atoms with Gasteiger partial charge in [0.1, 0.15) is 12.0 Å². The number of amides is 2. The van der Waals surface area contributed by atoms with E-state index in [0.717, 1.165) is 12.1 Å². The molecule has 0 unspecified atom stereocenters. The number of hydrogen-bond donors (Lipinski definition) is 1. The first kappa shape index (κ1) is 18.6. The van der Waals surface area contributed by atoms with E-state index in [1.54, 1.807) is 18.2 Å². The van der Waals surface area contributed by atoms with Gasteiger partial charge in [-0.15, -0.1) is 0 Å². The molecule has 2 aromatic carbocycles. The van der Waals surface area contributed by atoms with Crippen molar-refractivity contribution in [3.05, 3.63) is 83.4 Å². The minimum atomic E-state index is -4.51. The first-order valence-electron chi connectivity index (χ1n) is 8.53. The summed E-state index contributed by atoms with van der Waals surface area (Å²) in [5.74, 6) is -1.01. The van der Waals surface area contributed by atoms with Gasteiger partial charge in [0.05, 0.1) is 23.4 Å². The number of alkyl halides is 3. The van der Waals surface area contributed by atoms with Crippen molar-refractivity contribution in [3.63, 3.8) is 0 Å². The van der Waals surface area contributed by atoms with Crippen molar-refractivity contribution in [2.24, 2.45) is 0 Å². The molecule has 0 spiro atoms. The molecule has 6 nitrogen and oxygen atoms in total. The number of carbonyl (C=O) groups is 2. The SMILES string of the molecule is O=C(Nc1cccc2c1C(=O)N(c1cccc(C(F)(F)F)c1)C2)c1ccncn1. The zero-order chi connectivity index (χ0) is 20.6. The molecule has 1 aliphatic rings. The maximum atomic E-state index is 13.0. The number of benzene rings is 2. The van der Waals surface area contributed by atoms with E-state index in [2.05, 4.69) is 15.3 Å². The average Bonchev–Trinajstić information content (AvgIpc) is 3.06. The molecule has 0 aliphatic carbocycles. The van der Waals surface area contributed by atoms with Gasteiger partial charge in [-0.2, -0.15) is 13.2 Å². The Morgan fingerprint density at radius 2 is 1.90 bits per heavy atom. The van der Waals surface area contributed by atoms with Gasteiger partial charge in [0.15, 0.2) is 0 Å². The van der Waals surface area contributed by atoms with E-state index in [0.29, 0.717) is 5.56 Å². The van der Waals surface area contributed by atoms with Crippen LogP contribution in [0.15, 0.2) is 61.1 Å². The van der Waals surface area contributed by atoms with Gasteiger partial charge in [0.2, 0.25) is 0 Å². The van der Waals surface area contributed by atoms with Crippen LogP contribution in [0, 0.1) is 0 Å². The maximum Gasteiger partial charge on any atom is 0.416 e.